The molecular weight excluding hydrogens is 386 g/mol. The van der Waals surface area contributed by atoms with E-state index in [1.165, 1.54) is 6.07 Å². The van der Waals surface area contributed by atoms with Gasteiger partial charge < -0.3 is 14.6 Å². The Morgan fingerprint density at radius 3 is 2.69 bits per heavy atom. The minimum absolute atomic E-state index is 0.0977. The number of likely N-dealkylation sites (tertiary alicyclic amines) is 1. The number of fused-ring (bicyclic) bond motifs is 1. The van der Waals surface area contributed by atoms with Crippen molar-refractivity contribution in [1.29, 1.82) is 0 Å². The van der Waals surface area contributed by atoms with Gasteiger partial charge in [0.2, 0.25) is 5.56 Å². The van der Waals surface area contributed by atoms with E-state index in [0.29, 0.717) is 19.0 Å². The van der Waals surface area contributed by atoms with Gasteiger partial charge in [0, 0.05) is 41.5 Å². The van der Waals surface area contributed by atoms with Crippen molar-refractivity contribution >= 4 is 28.3 Å². The largest absolute Gasteiger partial charge is 0.444 e. The number of piperidine rings is 1. The minimum Gasteiger partial charge on any atom is -0.444 e. The van der Waals surface area contributed by atoms with Gasteiger partial charge in [-0.1, -0.05) is 0 Å². The average Bonchev–Trinajstić information content (AvgIpc) is 3.16. The fraction of sp³-hybridized carbons (Fsp3) is 0.409. The van der Waals surface area contributed by atoms with Crippen LogP contribution in [0.4, 0.5) is 4.79 Å². The van der Waals surface area contributed by atoms with Gasteiger partial charge in [0.1, 0.15) is 10.6 Å². The van der Waals surface area contributed by atoms with Gasteiger partial charge >= 0.3 is 6.09 Å². The third kappa shape index (κ3) is 4.50. The second-order valence-electron chi connectivity index (χ2n) is 8.44. The molecule has 0 saturated carbocycles. The van der Waals surface area contributed by atoms with E-state index in [0.717, 1.165) is 40.0 Å². The zero-order valence-electron chi connectivity index (χ0n) is 16.9. The Bertz CT molecular complexity index is 1090. The summed E-state index contributed by atoms with van der Waals surface area (Å²) in [5.41, 5.74) is 2.40. The monoisotopic (exact) mass is 411 g/mol. The zero-order valence-corrected chi connectivity index (χ0v) is 17.7. The van der Waals surface area contributed by atoms with Crippen LogP contribution in [0.2, 0.25) is 0 Å². The van der Waals surface area contributed by atoms with Crippen LogP contribution >= 0.6 is 11.3 Å². The van der Waals surface area contributed by atoms with Crippen molar-refractivity contribution in [3.8, 4) is 10.6 Å². The molecule has 0 aliphatic carbocycles. The number of hydrogen-bond acceptors (Lipinski definition) is 5. The summed E-state index contributed by atoms with van der Waals surface area (Å²) in [5.74, 6) is 0.357. The van der Waals surface area contributed by atoms with Gasteiger partial charge in [0.05, 0.1) is 5.69 Å². The molecule has 0 atom stereocenters. The van der Waals surface area contributed by atoms with Crippen LogP contribution in [0, 0.1) is 0 Å². The topological polar surface area (TPSA) is 75.3 Å². The molecule has 3 aromatic rings. The highest BCUT2D eigenvalue weighted by Gasteiger charge is 2.28. The number of thiazole rings is 1. The smallest absolute Gasteiger partial charge is 0.410 e. The second-order valence-corrected chi connectivity index (χ2v) is 9.30. The molecule has 3 heterocycles. The fourth-order valence-electron chi connectivity index (χ4n) is 3.58. The number of ether oxygens (including phenoxy) is 1. The van der Waals surface area contributed by atoms with E-state index < -0.39 is 5.60 Å². The molecule has 152 valence electrons. The predicted molar refractivity (Wildman–Crippen MR) is 115 cm³/mol. The molecule has 0 bridgehead atoms. The van der Waals surface area contributed by atoms with Gasteiger partial charge in [-0.3, -0.25) is 4.79 Å². The summed E-state index contributed by atoms with van der Waals surface area (Å²) >= 11 is 1.63. The number of H-pyrrole nitrogens is 1. The molecule has 0 spiro atoms. The number of benzene rings is 1. The predicted octanol–water partition coefficient (Wildman–Crippen LogP) is 4.77. The number of nitrogens with one attached hydrogen (secondary N) is 1. The maximum absolute atomic E-state index is 12.2. The molecule has 1 aliphatic rings. The number of pyridine rings is 1. The summed E-state index contributed by atoms with van der Waals surface area (Å²) in [5, 5.41) is 4.09. The molecule has 29 heavy (non-hydrogen) atoms. The van der Waals surface area contributed by atoms with Crippen molar-refractivity contribution in [3.63, 3.8) is 0 Å². The van der Waals surface area contributed by atoms with E-state index in [-0.39, 0.29) is 11.7 Å². The number of carbonyl (C=O) groups excluding carboxylic acids is 1. The number of amides is 1. The lowest BCUT2D eigenvalue weighted by molar-refractivity contribution is 0.0204. The molecular formula is C22H25N3O3S. The van der Waals surface area contributed by atoms with E-state index in [4.69, 9.17) is 9.72 Å². The van der Waals surface area contributed by atoms with Crippen LogP contribution in [0.1, 0.15) is 45.2 Å². The van der Waals surface area contributed by atoms with Crippen LogP contribution < -0.4 is 5.56 Å². The quantitative estimate of drug-likeness (QED) is 0.659. The Kier molecular flexibility index (Phi) is 5.17. The van der Waals surface area contributed by atoms with Gasteiger partial charge in [-0.05, 0) is 63.3 Å². The number of carbonyl (C=O) groups is 1. The average molecular weight is 412 g/mol. The molecule has 1 aliphatic heterocycles. The number of nitrogens with zero attached hydrogens (tertiary/aromatic N) is 2. The summed E-state index contributed by atoms with van der Waals surface area (Å²) in [6.07, 6.45) is 1.55. The number of rotatable bonds is 2. The zero-order chi connectivity index (χ0) is 20.6. The van der Waals surface area contributed by atoms with Gasteiger partial charge in [0.25, 0.3) is 0 Å². The summed E-state index contributed by atoms with van der Waals surface area (Å²) in [6, 6.07) is 9.34. The lowest BCUT2D eigenvalue weighted by atomic mass is 9.94. The third-order valence-corrected chi connectivity index (χ3v) is 5.97. The first kappa shape index (κ1) is 19.6. The Balaban J connectivity index is 1.44. The molecule has 1 fully saturated rings. The molecule has 1 aromatic carbocycles. The van der Waals surface area contributed by atoms with Crippen LogP contribution in [0.3, 0.4) is 0 Å². The van der Waals surface area contributed by atoms with E-state index in [2.05, 4.69) is 16.4 Å². The van der Waals surface area contributed by atoms with Crippen LogP contribution in [-0.2, 0) is 4.74 Å². The first-order valence-corrected chi connectivity index (χ1v) is 10.7. The van der Waals surface area contributed by atoms with Crippen molar-refractivity contribution in [3.05, 3.63) is 51.8 Å². The van der Waals surface area contributed by atoms with Crippen molar-refractivity contribution < 1.29 is 9.53 Å². The minimum atomic E-state index is -0.468. The van der Waals surface area contributed by atoms with E-state index in [1.807, 2.05) is 39.0 Å². The molecule has 0 radical (unpaired) electrons. The first-order chi connectivity index (χ1) is 13.8. The number of hydrogen-bond donors (Lipinski definition) is 1. The van der Waals surface area contributed by atoms with Crippen molar-refractivity contribution in [2.75, 3.05) is 13.1 Å². The lowest BCUT2D eigenvalue weighted by Gasteiger charge is -2.32. The first-order valence-electron chi connectivity index (χ1n) is 9.85. The van der Waals surface area contributed by atoms with Crippen molar-refractivity contribution in [2.24, 2.45) is 0 Å². The Labute approximate surface area is 173 Å². The number of aromatic amines is 1. The molecule has 0 unspecified atom stereocenters. The van der Waals surface area contributed by atoms with Crippen molar-refractivity contribution in [1.82, 2.24) is 14.9 Å². The molecule has 1 saturated heterocycles. The highest BCUT2D eigenvalue weighted by atomic mass is 32.1. The maximum atomic E-state index is 12.2. The normalized spacial score (nSPS) is 15.6. The molecule has 1 N–H and O–H groups in total. The van der Waals surface area contributed by atoms with Gasteiger partial charge in [-0.15, -0.1) is 11.3 Å². The van der Waals surface area contributed by atoms with E-state index in [9.17, 15) is 9.59 Å². The molecule has 7 heteroatoms. The SMILES string of the molecule is CC(C)(C)OC(=O)N1CCC(c2csc(-c3ccc4[nH]c(=O)ccc4c3)n2)CC1. The van der Waals surface area contributed by atoms with E-state index >= 15 is 0 Å². The standard InChI is InChI=1S/C22H25N3O3S/c1-22(2,3)28-21(27)25-10-8-14(9-11-25)18-13-29-20(24-18)16-4-6-17-15(12-16)5-7-19(26)23-17/h4-7,12-14H,8-11H2,1-3H3,(H,23,26). The Hall–Kier alpha value is -2.67. The summed E-state index contributed by atoms with van der Waals surface area (Å²) in [6.45, 7) is 7.04. The van der Waals surface area contributed by atoms with Gasteiger partial charge in [-0.2, -0.15) is 0 Å². The van der Waals surface area contributed by atoms with Gasteiger partial charge in [-0.25, -0.2) is 9.78 Å². The lowest BCUT2D eigenvalue weighted by Crippen LogP contribution is -2.41. The number of aromatic nitrogens is 2. The van der Waals surface area contributed by atoms with Crippen LogP contribution in [0.15, 0.2) is 40.5 Å². The Morgan fingerprint density at radius 1 is 1.21 bits per heavy atom. The molecule has 6 nitrogen and oxygen atoms in total. The highest BCUT2D eigenvalue weighted by molar-refractivity contribution is 7.13. The molecule has 1 amide bonds. The highest BCUT2D eigenvalue weighted by Crippen LogP contribution is 2.33. The van der Waals surface area contributed by atoms with Crippen LogP contribution in [0.25, 0.3) is 21.5 Å². The van der Waals surface area contributed by atoms with Crippen LogP contribution in [-0.4, -0.2) is 39.7 Å². The van der Waals surface area contributed by atoms with Gasteiger partial charge in [0.15, 0.2) is 0 Å². The summed E-state index contributed by atoms with van der Waals surface area (Å²) in [7, 11) is 0. The van der Waals surface area contributed by atoms with Crippen molar-refractivity contribution in [2.45, 2.75) is 45.1 Å². The molecule has 4 rings (SSSR count). The summed E-state index contributed by atoms with van der Waals surface area (Å²) in [4.78, 5) is 33.2. The summed E-state index contributed by atoms with van der Waals surface area (Å²) < 4.78 is 5.47. The van der Waals surface area contributed by atoms with Crippen LogP contribution in [0.5, 0.6) is 0 Å². The molecule has 2 aromatic heterocycles. The maximum Gasteiger partial charge on any atom is 0.410 e. The fourth-order valence-corrected chi connectivity index (χ4v) is 4.48. The second kappa shape index (κ2) is 7.63. The Morgan fingerprint density at radius 2 is 1.97 bits per heavy atom. The van der Waals surface area contributed by atoms with E-state index in [1.54, 1.807) is 16.2 Å². The third-order valence-electron chi connectivity index (χ3n) is 5.06.